The maximum atomic E-state index is 12.2. The van der Waals surface area contributed by atoms with E-state index in [2.05, 4.69) is 16.8 Å². The van der Waals surface area contributed by atoms with Gasteiger partial charge in [-0.1, -0.05) is 0 Å². The highest BCUT2D eigenvalue weighted by atomic mass is 32.1. The average Bonchev–Trinajstić information content (AvgIpc) is 3.12. The van der Waals surface area contributed by atoms with Gasteiger partial charge >= 0.3 is 0 Å². The minimum Gasteiger partial charge on any atom is -0.466 e. The molecule has 0 fully saturated rings. The first-order valence-corrected chi connectivity index (χ1v) is 8.44. The zero-order chi connectivity index (χ0) is 17.0. The molecule has 6 heteroatoms. The number of furan rings is 1. The molecule has 0 saturated carbocycles. The molecule has 124 valence electrons. The Morgan fingerprint density at radius 2 is 2.13 bits per heavy atom. The van der Waals surface area contributed by atoms with Crippen LogP contribution < -0.4 is 5.32 Å². The van der Waals surface area contributed by atoms with Gasteiger partial charge in [0.2, 0.25) is 5.91 Å². The second-order valence-electron chi connectivity index (χ2n) is 5.70. The lowest BCUT2D eigenvalue weighted by molar-refractivity contribution is -0.130. The SMILES string of the molecule is Cc1cc(C(=O)NCC(=O)N(C)[C@@H](C)Cc2ccsc2)c(C)o1. The van der Waals surface area contributed by atoms with Crippen LogP contribution in [0.3, 0.4) is 0 Å². The normalized spacial score (nSPS) is 12.0. The van der Waals surface area contributed by atoms with Gasteiger partial charge in [-0.15, -0.1) is 0 Å². The van der Waals surface area contributed by atoms with E-state index in [0.717, 1.165) is 6.42 Å². The highest BCUT2D eigenvalue weighted by molar-refractivity contribution is 7.07. The number of carbonyl (C=O) groups excluding carboxylic acids is 2. The van der Waals surface area contributed by atoms with E-state index < -0.39 is 0 Å². The summed E-state index contributed by atoms with van der Waals surface area (Å²) in [6.45, 7) is 5.50. The van der Waals surface area contributed by atoms with Crippen LogP contribution in [-0.2, 0) is 11.2 Å². The van der Waals surface area contributed by atoms with Gasteiger partial charge in [0.15, 0.2) is 0 Å². The van der Waals surface area contributed by atoms with E-state index in [-0.39, 0.29) is 24.4 Å². The standard InChI is InChI=1S/C17H22N2O3S/c1-11(7-14-5-6-23-10-14)19(4)16(20)9-18-17(21)15-8-12(2)22-13(15)3/h5-6,8,10-11H,7,9H2,1-4H3,(H,18,21)/t11-/m0/s1. The van der Waals surface area contributed by atoms with Crippen molar-refractivity contribution < 1.29 is 14.0 Å². The van der Waals surface area contributed by atoms with Crippen molar-refractivity contribution in [2.75, 3.05) is 13.6 Å². The van der Waals surface area contributed by atoms with E-state index in [1.165, 1.54) is 5.56 Å². The molecular formula is C17H22N2O3S. The molecule has 5 nitrogen and oxygen atoms in total. The lowest BCUT2D eigenvalue weighted by Crippen LogP contribution is -2.43. The maximum absolute atomic E-state index is 12.2. The van der Waals surface area contributed by atoms with E-state index in [4.69, 9.17) is 4.42 Å². The molecule has 2 amide bonds. The van der Waals surface area contributed by atoms with E-state index in [0.29, 0.717) is 17.1 Å². The number of hydrogen-bond acceptors (Lipinski definition) is 4. The smallest absolute Gasteiger partial charge is 0.255 e. The summed E-state index contributed by atoms with van der Waals surface area (Å²) in [5, 5.41) is 6.77. The van der Waals surface area contributed by atoms with Crippen molar-refractivity contribution in [3.8, 4) is 0 Å². The van der Waals surface area contributed by atoms with Gasteiger partial charge in [0, 0.05) is 13.1 Å². The maximum Gasteiger partial charge on any atom is 0.255 e. The molecule has 0 saturated heterocycles. The number of hydrogen-bond donors (Lipinski definition) is 1. The monoisotopic (exact) mass is 334 g/mol. The zero-order valence-electron chi connectivity index (χ0n) is 13.9. The van der Waals surface area contributed by atoms with Crippen molar-refractivity contribution in [2.45, 2.75) is 33.2 Å². The number of nitrogens with zero attached hydrogens (tertiary/aromatic N) is 1. The highest BCUT2D eigenvalue weighted by Gasteiger charge is 2.19. The van der Waals surface area contributed by atoms with E-state index in [1.54, 1.807) is 43.2 Å². The summed E-state index contributed by atoms with van der Waals surface area (Å²) in [5.41, 5.74) is 1.69. The molecule has 0 aliphatic rings. The quantitative estimate of drug-likeness (QED) is 0.883. The summed E-state index contributed by atoms with van der Waals surface area (Å²) in [4.78, 5) is 26.0. The molecule has 1 atom stereocenters. The third-order valence-electron chi connectivity index (χ3n) is 3.85. The van der Waals surface area contributed by atoms with Gasteiger partial charge in [0.05, 0.1) is 12.1 Å². The van der Waals surface area contributed by atoms with Gasteiger partial charge in [0.1, 0.15) is 11.5 Å². The lowest BCUT2D eigenvalue weighted by atomic mass is 10.1. The second kappa shape index (κ2) is 7.46. The molecular weight excluding hydrogens is 312 g/mol. The number of nitrogens with one attached hydrogen (secondary N) is 1. The second-order valence-corrected chi connectivity index (χ2v) is 6.48. The molecule has 0 radical (unpaired) electrons. The van der Waals surface area contributed by atoms with Gasteiger partial charge in [-0.2, -0.15) is 11.3 Å². The van der Waals surface area contributed by atoms with Gasteiger partial charge < -0.3 is 14.6 Å². The van der Waals surface area contributed by atoms with Crippen molar-refractivity contribution in [3.05, 3.63) is 45.5 Å². The van der Waals surface area contributed by atoms with Crippen LogP contribution in [-0.4, -0.2) is 36.3 Å². The Labute approximate surface area is 140 Å². The minimum atomic E-state index is -0.286. The Balaban J connectivity index is 1.86. The average molecular weight is 334 g/mol. The third-order valence-corrected chi connectivity index (χ3v) is 4.58. The van der Waals surface area contributed by atoms with Gasteiger partial charge in [0.25, 0.3) is 5.91 Å². The summed E-state index contributed by atoms with van der Waals surface area (Å²) in [6.07, 6.45) is 0.805. The van der Waals surface area contributed by atoms with Crippen molar-refractivity contribution in [1.29, 1.82) is 0 Å². The molecule has 0 spiro atoms. The van der Waals surface area contributed by atoms with Crippen molar-refractivity contribution in [1.82, 2.24) is 10.2 Å². The topological polar surface area (TPSA) is 62.6 Å². The third kappa shape index (κ3) is 4.45. The lowest BCUT2D eigenvalue weighted by Gasteiger charge is -2.25. The fourth-order valence-electron chi connectivity index (χ4n) is 2.36. The van der Waals surface area contributed by atoms with Crippen LogP contribution in [0.4, 0.5) is 0 Å². The van der Waals surface area contributed by atoms with Gasteiger partial charge in [-0.3, -0.25) is 9.59 Å². The fraction of sp³-hybridized carbons (Fsp3) is 0.412. The van der Waals surface area contributed by atoms with Crippen LogP contribution >= 0.6 is 11.3 Å². The molecule has 2 aromatic heterocycles. The summed E-state index contributed by atoms with van der Waals surface area (Å²) in [7, 11) is 1.76. The van der Waals surface area contributed by atoms with Crippen LogP contribution in [0.25, 0.3) is 0 Å². The zero-order valence-corrected chi connectivity index (χ0v) is 14.7. The van der Waals surface area contributed by atoms with Gasteiger partial charge in [-0.25, -0.2) is 0 Å². The van der Waals surface area contributed by atoms with Crippen molar-refractivity contribution >= 4 is 23.2 Å². The number of thiophene rings is 1. The summed E-state index contributed by atoms with van der Waals surface area (Å²) < 4.78 is 5.33. The molecule has 0 aliphatic carbocycles. The predicted octanol–water partition coefficient (Wildman–Crippen LogP) is 2.78. The van der Waals surface area contributed by atoms with Crippen LogP contribution in [0.2, 0.25) is 0 Å². The van der Waals surface area contributed by atoms with Crippen LogP contribution in [0, 0.1) is 13.8 Å². The first-order chi connectivity index (χ1) is 10.9. The van der Waals surface area contributed by atoms with E-state index >= 15 is 0 Å². The summed E-state index contributed by atoms with van der Waals surface area (Å²) >= 11 is 1.65. The Morgan fingerprint density at radius 3 is 2.70 bits per heavy atom. The first-order valence-electron chi connectivity index (χ1n) is 7.50. The molecule has 0 bridgehead atoms. The summed E-state index contributed by atoms with van der Waals surface area (Å²) in [6, 6.07) is 3.82. The minimum absolute atomic E-state index is 0.0209. The molecule has 1 N–H and O–H groups in total. The molecule has 2 rings (SSSR count). The highest BCUT2D eigenvalue weighted by Crippen LogP contribution is 2.14. The molecule has 2 aromatic rings. The largest absolute Gasteiger partial charge is 0.466 e. The number of aryl methyl sites for hydroxylation is 2. The molecule has 0 aromatic carbocycles. The Hall–Kier alpha value is -2.08. The molecule has 2 heterocycles. The van der Waals surface area contributed by atoms with Crippen LogP contribution in [0.5, 0.6) is 0 Å². The summed E-state index contributed by atoms with van der Waals surface area (Å²) in [5.74, 6) is 0.845. The Bertz CT molecular complexity index is 676. The van der Waals surface area contributed by atoms with Crippen LogP contribution in [0.15, 0.2) is 27.3 Å². The number of amides is 2. The Morgan fingerprint density at radius 1 is 1.39 bits per heavy atom. The first kappa shape index (κ1) is 17.3. The molecule has 23 heavy (non-hydrogen) atoms. The van der Waals surface area contributed by atoms with Gasteiger partial charge in [-0.05, 0) is 55.6 Å². The van der Waals surface area contributed by atoms with Crippen molar-refractivity contribution in [2.24, 2.45) is 0 Å². The predicted molar refractivity (Wildman–Crippen MR) is 90.8 cm³/mol. The van der Waals surface area contributed by atoms with E-state index in [1.807, 2.05) is 12.3 Å². The fourth-order valence-corrected chi connectivity index (χ4v) is 3.05. The Kier molecular flexibility index (Phi) is 5.60. The molecule has 0 aliphatic heterocycles. The molecule has 0 unspecified atom stereocenters. The van der Waals surface area contributed by atoms with Crippen LogP contribution in [0.1, 0.15) is 34.4 Å². The van der Waals surface area contributed by atoms with Crippen molar-refractivity contribution in [3.63, 3.8) is 0 Å². The number of likely N-dealkylation sites (N-methyl/N-ethyl adjacent to an activating group) is 1. The van der Waals surface area contributed by atoms with E-state index in [9.17, 15) is 9.59 Å². The number of carbonyl (C=O) groups is 2. The number of rotatable bonds is 6.